The summed E-state index contributed by atoms with van der Waals surface area (Å²) in [6.07, 6.45) is 6.17. The summed E-state index contributed by atoms with van der Waals surface area (Å²) in [6.45, 7) is 5.83. The maximum absolute atomic E-state index is 12.3. The average molecular weight is 390 g/mol. The molecule has 0 spiro atoms. The molecule has 29 heavy (non-hydrogen) atoms. The van der Waals surface area contributed by atoms with Crippen molar-refractivity contribution in [2.75, 3.05) is 19.0 Å². The molecule has 0 saturated heterocycles. The van der Waals surface area contributed by atoms with Gasteiger partial charge in [-0.2, -0.15) is 4.57 Å². The highest BCUT2D eigenvalue weighted by atomic mass is 16.6. The molecule has 0 amide bonds. The number of carbonyl (C=O) groups excluding carboxylic acids is 1. The van der Waals surface area contributed by atoms with E-state index in [0.29, 0.717) is 0 Å². The molecule has 0 saturated carbocycles. The minimum atomic E-state index is -0.488. The highest BCUT2D eigenvalue weighted by Gasteiger charge is 2.21. The maximum Gasteiger partial charge on any atom is 0.373 e. The van der Waals surface area contributed by atoms with Crippen molar-refractivity contribution in [1.82, 2.24) is 0 Å². The molecule has 4 heteroatoms. The van der Waals surface area contributed by atoms with Crippen LogP contribution in [0, 0.1) is 0 Å². The molecule has 0 atom stereocenters. The SMILES string of the molecule is CN(C)c1ccc(/C=C/c2cc[n+](CC(=O)OC(C)(C)C)c3ccccc23)cc1. The van der Waals surface area contributed by atoms with Gasteiger partial charge in [0.05, 0.1) is 5.39 Å². The molecule has 1 aromatic heterocycles. The summed E-state index contributed by atoms with van der Waals surface area (Å²) in [5, 5.41) is 1.10. The van der Waals surface area contributed by atoms with Crippen molar-refractivity contribution in [1.29, 1.82) is 0 Å². The predicted octanol–water partition coefficient (Wildman–Crippen LogP) is 4.71. The molecule has 0 unspecified atom stereocenters. The van der Waals surface area contributed by atoms with Gasteiger partial charge in [-0.05, 0) is 50.1 Å². The molecule has 4 nitrogen and oxygen atoms in total. The summed E-state index contributed by atoms with van der Waals surface area (Å²) >= 11 is 0. The molecule has 3 aromatic rings. The Kier molecular flexibility index (Phi) is 6.02. The molecule has 0 fully saturated rings. The number of nitrogens with zero attached hydrogens (tertiary/aromatic N) is 2. The van der Waals surface area contributed by atoms with Gasteiger partial charge in [0.15, 0.2) is 6.20 Å². The fourth-order valence-corrected chi connectivity index (χ4v) is 3.17. The second kappa shape index (κ2) is 8.48. The largest absolute Gasteiger partial charge is 0.455 e. The van der Waals surface area contributed by atoms with Crippen LogP contribution in [0.1, 0.15) is 31.9 Å². The first kappa shape index (κ1) is 20.6. The highest BCUT2D eigenvalue weighted by molar-refractivity contribution is 5.89. The number of aromatic nitrogens is 1. The number of benzene rings is 2. The van der Waals surface area contributed by atoms with Gasteiger partial charge in [0.2, 0.25) is 12.1 Å². The Bertz CT molecular complexity index is 1030. The third kappa shape index (κ3) is 5.44. The number of anilines is 1. The third-order valence-electron chi connectivity index (χ3n) is 4.54. The van der Waals surface area contributed by atoms with E-state index in [1.54, 1.807) is 0 Å². The third-order valence-corrected chi connectivity index (χ3v) is 4.54. The summed E-state index contributed by atoms with van der Waals surface area (Å²) in [5.74, 6) is -0.239. The van der Waals surface area contributed by atoms with Gasteiger partial charge in [-0.15, -0.1) is 0 Å². The fraction of sp³-hybridized carbons (Fsp3) is 0.280. The average Bonchev–Trinajstić information content (AvgIpc) is 2.66. The summed E-state index contributed by atoms with van der Waals surface area (Å²) in [6, 6.07) is 18.6. The molecule has 0 radical (unpaired) electrons. The van der Waals surface area contributed by atoms with Crippen molar-refractivity contribution in [3.63, 3.8) is 0 Å². The lowest BCUT2D eigenvalue weighted by molar-refractivity contribution is -0.660. The number of pyridine rings is 1. The van der Waals surface area contributed by atoms with E-state index in [2.05, 4.69) is 47.4 Å². The van der Waals surface area contributed by atoms with Gasteiger partial charge in [0.1, 0.15) is 5.60 Å². The van der Waals surface area contributed by atoms with Gasteiger partial charge < -0.3 is 9.64 Å². The molecule has 0 N–H and O–H groups in total. The van der Waals surface area contributed by atoms with Crippen LogP contribution < -0.4 is 9.47 Å². The topological polar surface area (TPSA) is 33.4 Å². The first-order valence-corrected chi connectivity index (χ1v) is 9.81. The first-order valence-electron chi connectivity index (χ1n) is 9.81. The Morgan fingerprint density at radius 2 is 1.69 bits per heavy atom. The molecule has 0 aliphatic carbocycles. The van der Waals surface area contributed by atoms with Gasteiger partial charge in [-0.1, -0.05) is 36.4 Å². The van der Waals surface area contributed by atoms with Crippen molar-refractivity contribution in [2.45, 2.75) is 32.9 Å². The summed E-state index contributed by atoms with van der Waals surface area (Å²) in [7, 11) is 4.07. The Labute approximate surface area is 173 Å². The summed E-state index contributed by atoms with van der Waals surface area (Å²) in [5.41, 5.74) is 3.94. The predicted molar refractivity (Wildman–Crippen MR) is 120 cm³/mol. The molecule has 0 aliphatic heterocycles. The molecule has 3 rings (SSSR count). The van der Waals surface area contributed by atoms with E-state index >= 15 is 0 Å². The number of hydrogen-bond acceptors (Lipinski definition) is 3. The van der Waals surface area contributed by atoms with E-state index in [4.69, 9.17) is 4.74 Å². The minimum absolute atomic E-state index is 0.188. The van der Waals surface area contributed by atoms with Crippen molar-refractivity contribution in [3.8, 4) is 0 Å². The zero-order chi connectivity index (χ0) is 21.0. The number of para-hydroxylation sites is 1. The van der Waals surface area contributed by atoms with Crippen molar-refractivity contribution < 1.29 is 14.1 Å². The molecule has 2 aromatic carbocycles. The molecule has 150 valence electrons. The smallest absolute Gasteiger partial charge is 0.373 e. The number of hydrogen-bond donors (Lipinski definition) is 0. The highest BCUT2D eigenvalue weighted by Crippen LogP contribution is 2.19. The zero-order valence-corrected chi connectivity index (χ0v) is 17.8. The van der Waals surface area contributed by atoms with E-state index in [-0.39, 0.29) is 12.5 Å². The van der Waals surface area contributed by atoms with E-state index in [1.165, 1.54) is 5.69 Å². The van der Waals surface area contributed by atoms with Crippen LogP contribution in [-0.4, -0.2) is 25.7 Å². The van der Waals surface area contributed by atoms with Crippen molar-refractivity contribution >= 4 is 34.7 Å². The summed E-state index contributed by atoms with van der Waals surface area (Å²) < 4.78 is 7.41. The van der Waals surface area contributed by atoms with Gasteiger partial charge in [0.25, 0.3) is 0 Å². The van der Waals surface area contributed by atoms with E-state index in [9.17, 15) is 4.79 Å². The van der Waals surface area contributed by atoms with Crippen LogP contribution >= 0.6 is 0 Å². The van der Waals surface area contributed by atoms with Crippen LogP contribution in [-0.2, 0) is 16.1 Å². The lowest BCUT2D eigenvalue weighted by atomic mass is 10.1. The van der Waals surface area contributed by atoms with Crippen molar-refractivity contribution in [3.05, 3.63) is 71.9 Å². The zero-order valence-electron chi connectivity index (χ0n) is 17.8. The molecule has 0 aliphatic rings. The normalized spacial score (nSPS) is 11.8. The van der Waals surface area contributed by atoms with E-state index < -0.39 is 5.60 Å². The Hall–Kier alpha value is -3.14. The number of esters is 1. The van der Waals surface area contributed by atoms with Gasteiger partial charge in [0, 0.05) is 31.9 Å². The van der Waals surface area contributed by atoms with Crippen LogP contribution in [0.15, 0.2) is 60.8 Å². The quantitative estimate of drug-likeness (QED) is 0.468. The molecule has 0 bridgehead atoms. The first-order chi connectivity index (χ1) is 13.7. The van der Waals surface area contributed by atoms with E-state index in [1.807, 2.05) is 69.9 Å². The maximum atomic E-state index is 12.3. The Balaban J connectivity index is 1.87. The van der Waals surface area contributed by atoms with Crippen LogP contribution in [0.4, 0.5) is 5.69 Å². The van der Waals surface area contributed by atoms with Crippen LogP contribution in [0.3, 0.4) is 0 Å². The number of rotatable bonds is 5. The molecular weight excluding hydrogens is 360 g/mol. The second-order valence-corrected chi connectivity index (χ2v) is 8.32. The minimum Gasteiger partial charge on any atom is -0.455 e. The van der Waals surface area contributed by atoms with Crippen LogP contribution in [0.2, 0.25) is 0 Å². The van der Waals surface area contributed by atoms with Crippen molar-refractivity contribution in [2.24, 2.45) is 0 Å². The standard InChI is InChI=1S/C25H29N2O2/c1-25(2,3)29-24(28)18-27-17-16-20(22-8-6-7-9-23(22)27)13-10-19-11-14-21(15-12-19)26(4)5/h6-17H,18H2,1-5H3/q+1. The lowest BCUT2D eigenvalue weighted by Gasteiger charge is -2.18. The number of ether oxygens (including phenoxy) is 1. The van der Waals surface area contributed by atoms with Gasteiger partial charge in [-0.3, -0.25) is 0 Å². The Morgan fingerprint density at radius 1 is 1.00 bits per heavy atom. The van der Waals surface area contributed by atoms with Gasteiger partial charge >= 0.3 is 5.97 Å². The molecular formula is C25H29N2O2+. The van der Waals surface area contributed by atoms with Crippen LogP contribution in [0.5, 0.6) is 0 Å². The number of fused-ring (bicyclic) bond motifs is 1. The van der Waals surface area contributed by atoms with Gasteiger partial charge in [-0.25, -0.2) is 4.79 Å². The number of carbonyl (C=O) groups is 1. The van der Waals surface area contributed by atoms with Crippen LogP contribution in [0.25, 0.3) is 23.1 Å². The monoisotopic (exact) mass is 389 g/mol. The fourth-order valence-electron chi connectivity index (χ4n) is 3.17. The Morgan fingerprint density at radius 3 is 2.34 bits per heavy atom. The lowest BCUT2D eigenvalue weighted by Crippen LogP contribution is -2.41. The summed E-state index contributed by atoms with van der Waals surface area (Å²) in [4.78, 5) is 14.4. The second-order valence-electron chi connectivity index (χ2n) is 8.32. The molecule has 1 heterocycles. The van der Waals surface area contributed by atoms with E-state index in [0.717, 1.165) is 22.0 Å².